The van der Waals surface area contributed by atoms with Crippen molar-refractivity contribution in [2.75, 3.05) is 29.4 Å². The second kappa shape index (κ2) is 11.0. The van der Waals surface area contributed by atoms with Gasteiger partial charge in [0.1, 0.15) is 6.54 Å². The molecule has 0 aromatic heterocycles. The smallest absolute Gasteiger partial charge is 0.240 e. The number of thioether (sulfide) groups is 1. The molecule has 2 aromatic carbocycles. The monoisotopic (exact) mass is 514 g/mol. The number of amides is 1. The van der Waals surface area contributed by atoms with Crippen molar-refractivity contribution < 1.29 is 13.2 Å². The number of nitrogens with one attached hydrogen (secondary N) is 1. The summed E-state index contributed by atoms with van der Waals surface area (Å²) >= 11 is 25.8. The summed E-state index contributed by atoms with van der Waals surface area (Å²) in [6.45, 7) is -0.0493. The van der Waals surface area contributed by atoms with Crippen molar-refractivity contribution in [1.82, 2.24) is 5.32 Å². The van der Waals surface area contributed by atoms with E-state index in [1.165, 1.54) is 18.2 Å². The zero-order valence-electron chi connectivity index (χ0n) is 15.3. The van der Waals surface area contributed by atoms with Crippen LogP contribution in [0.4, 0.5) is 5.69 Å². The van der Waals surface area contributed by atoms with Crippen molar-refractivity contribution in [3.05, 3.63) is 62.1 Å². The van der Waals surface area contributed by atoms with Crippen LogP contribution in [0.2, 0.25) is 20.1 Å². The van der Waals surface area contributed by atoms with E-state index in [4.69, 9.17) is 46.4 Å². The summed E-state index contributed by atoms with van der Waals surface area (Å²) in [7, 11) is -3.74. The second-order valence-corrected chi connectivity index (χ2v) is 10.6. The van der Waals surface area contributed by atoms with E-state index < -0.39 is 22.5 Å². The van der Waals surface area contributed by atoms with E-state index in [9.17, 15) is 13.2 Å². The Balaban J connectivity index is 1.90. The molecule has 5 nitrogen and oxygen atoms in total. The number of hydrogen-bond acceptors (Lipinski definition) is 4. The van der Waals surface area contributed by atoms with E-state index in [-0.39, 0.29) is 10.7 Å². The highest BCUT2D eigenvalue weighted by molar-refractivity contribution is 7.98. The molecule has 0 radical (unpaired) electrons. The third kappa shape index (κ3) is 7.42. The standard InChI is InChI=1S/C18H18Cl4N2O3S2/c1-29(26,27)24(17-9-12(19)5-6-16(17)22)10-18(25)23-7-8-28-11-13-14(20)3-2-4-15(13)21/h2-6,9H,7-8,10-11H2,1H3,(H,23,25). The minimum Gasteiger partial charge on any atom is -0.354 e. The first kappa shape index (κ1) is 24.4. The van der Waals surface area contributed by atoms with E-state index in [0.717, 1.165) is 16.1 Å². The lowest BCUT2D eigenvalue weighted by atomic mass is 10.2. The topological polar surface area (TPSA) is 66.5 Å². The number of carbonyl (C=O) groups excluding carboxylic acids is 1. The van der Waals surface area contributed by atoms with Crippen LogP contribution in [0.5, 0.6) is 0 Å². The molecular formula is C18H18Cl4N2O3S2. The summed E-state index contributed by atoms with van der Waals surface area (Å²) in [5.74, 6) is 0.745. The molecule has 0 saturated carbocycles. The van der Waals surface area contributed by atoms with Gasteiger partial charge in [-0.05, 0) is 35.9 Å². The molecular weight excluding hydrogens is 498 g/mol. The van der Waals surface area contributed by atoms with Crippen LogP contribution in [0.3, 0.4) is 0 Å². The van der Waals surface area contributed by atoms with Crippen molar-refractivity contribution in [3.8, 4) is 0 Å². The lowest BCUT2D eigenvalue weighted by Crippen LogP contribution is -2.41. The maximum absolute atomic E-state index is 12.3. The SMILES string of the molecule is CS(=O)(=O)N(CC(=O)NCCSCc1c(Cl)cccc1Cl)c1cc(Cl)ccc1Cl. The Labute approximate surface area is 194 Å². The Kier molecular flexibility index (Phi) is 9.25. The first-order chi connectivity index (χ1) is 13.6. The lowest BCUT2D eigenvalue weighted by Gasteiger charge is -2.23. The molecule has 1 N–H and O–H groups in total. The number of anilines is 1. The highest BCUT2D eigenvalue weighted by Crippen LogP contribution is 2.30. The van der Waals surface area contributed by atoms with Crippen LogP contribution < -0.4 is 9.62 Å². The molecule has 0 unspecified atom stereocenters. The molecule has 0 atom stereocenters. The molecule has 0 aliphatic carbocycles. The molecule has 0 bridgehead atoms. The van der Waals surface area contributed by atoms with Crippen molar-refractivity contribution >= 4 is 79.8 Å². The summed E-state index contributed by atoms with van der Waals surface area (Å²) in [4.78, 5) is 12.3. The zero-order valence-corrected chi connectivity index (χ0v) is 19.9. The highest BCUT2D eigenvalue weighted by Gasteiger charge is 2.23. The van der Waals surface area contributed by atoms with E-state index >= 15 is 0 Å². The molecule has 0 fully saturated rings. The van der Waals surface area contributed by atoms with Gasteiger partial charge in [-0.3, -0.25) is 9.10 Å². The maximum Gasteiger partial charge on any atom is 0.240 e. The average Bonchev–Trinajstić information content (AvgIpc) is 2.63. The predicted molar refractivity (Wildman–Crippen MR) is 124 cm³/mol. The molecule has 0 aliphatic rings. The number of carbonyl (C=O) groups is 1. The largest absolute Gasteiger partial charge is 0.354 e. The lowest BCUT2D eigenvalue weighted by molar-refractivity contribution is -0.119. The van der Waals surface area contributed by atoms with Crippen molar-refractivity contribution in [2.45, 2.75) is 5.75 Å². The van der Waals surface area contributed by atoms with Gasteiger partial charge in [0.15, 0.2) is 0 Å². The Morgan fingerprint density at radius 3 is 2.34 bits per heavy atom. The quantitative estimate of drug-likeness (QED) is 0.471. The predicted octanol–water partition coefficient (Wildman–Crippen LogP) is 5.12. The molecule has 1 amide bonds. The summed E-state index contributed by atoms with van der Waals surface area (Å²) in [6.07, 6.45) is 1.00. The van der Waals surface area contributed by atoms with Crippen LogP contribution in [0.1, 0.15) is 5.56 Å². The maximum atomic E-state index is 12.3. The van der Waals surface area contributed by atoms with Gasteiger partial charge in [-0.2, -0.15) is 11.8 Å². The van der Waals surface area contributed by atoms with Crippen LogP contribution in [0, 0.1) is 0 Å². The Hall–Kier alpha value is -0.830. The number of benzene rings is 2. The summed E-state index contributed by atoms with van der Waals surface area (Å²) in [5.41, 5.74) is 0.991. The molecule has 2 rings (SSSR count). The van der Waals surface area contributed by atoms with Crippen LogP contribution in [-0.2, 0) is 20.6 Å². The summed E-state index contributed by atoms with van der Waals surface area (Å²) in [5, 5.41) is 4.38. The number of rotatable bonds is 9. The number of nitrogens with zero attached hydrogens (tertiary/aromatic N) is 1. The Morgan fingerprint density at radius 2 is 1.72 bits per heavy atom. The van der Waals surface area contributed by atoms with Crippen LogP contribution in [0.25, 0.3) is 0 Å². The van der Waals surface area contributed by atoms with Gasteiger partial charge >= 0.3 is 0 Å². The van der Waals surface area contributed by atoms with Gasteiger partial charge in [0.2, 0.25) is 15.9 Å². The van der Waals surface area contributed by atoms with Gasteiger partial charge < -0.3 is 5.32 Å². The van der Waals surface area contributed by atoms with Gasteiger partial charge in [-0.15, -0.1) is 0 Å². The third-order valence-corrected chi connectivity index (χ3v) is 7.12. The molecule has 0 spiro atoms. The normalized spacial score (nSPS) is 11.3. The van der Waals surface area contributed by atoms with Crippen molar-refractivity contribution in [3.63, 3.8) is 0 Å². The van der Waals surface area contributed by atoms with Crippen LogP contribution >= 0.6 is 58.2 Å². The van der Waals surface area contributed by atoms with E-state index in [1.54, 1.807) is 30.0 Å². The third-order valence-electron chi connectivity index (χ3n) is 3.74. The van der Waals surface area contributed by atoms with Crippen molar-refractivity contribution in [2.24, 2.45) is 0 Å². The molecule has 29 heavy (non-hydrogen) atoms. The fourth-order valence-electron chi connectivity index (χ4n) is 2.35. The van der Waals surface area contributed by atoms with Gasteiger partial charge in [0, 0.05) is 33.1 Å². The van der Waals surface area contributed by atoms with E-state index in [1.807, 2.05) is 0 Å². The molecule has 0 saturated heterocycles. The summed E-state index contributed by atoms with van der Waals surface area (Å²) < 4.78 is 25.2. The van der Waals surface area contributed by atoms with E-state index in [2.05, 4.69) is 5.32 Å². The number of halogens is 4. The molecule has 11 heteroatoms. The molecule has 0 aliphatic heterocycles. The Morgan fingerprint density at radius 1 is 1.07 bits per heavy atom. The number of sulfonamides is 1. The van der Waals surface area contributed by atoms with Gasteiger partial charge in [-0.25, -0.2) is 8.42 Å². The minimum absolute atomic E-state index is 0.152. The molecule has 0 heterocycles. The molecule has 158 valence electrons. The van der Waals surface area contributed by atoms with Gasteiger partial charge in [-0.1, -0.05) is 52.5 Å². The fraction of sp³-hybridized carbons (Fsp3) is 0.278. The highest BCUT2D eigenvalue weighted by atomic mass is 35.5. The second-order valence-electron chi connectivity index (χ2n) is 5.97. The van der Waals surface area contributed by atoms with E-state index in [0.29, 0.717) is 33.1 Å². The van der Waals surface area contributed by atoms with Gasteiger partial charge in [0.25, 0.3) is 0 Å². The first-order valence-electron chi connectivity index (χ1n) is 8.29. The van der Waals surface area contributed by atoms with Crippen LogP contribution in [-0.4, -0.2) is 39.4 Å². The zero-order chi connectivity index (χ0) is 21.6. The Bertz CT molecular complexity index is 967. The first-order valence-corrected chi connectivity index (χ1v) is 12.8. The van der Waals surface area contributed by atoms with Crippen molar-refractivity contribution in [1.29, 1.82) is 0 Å². The average molecular weight is 516 g/mol. The fourth-order valence-corrected chi connectivity index (χ4v) is 5.24. The van der Waals surface area contributed by atoms with Gasteiger partial charge in [0.05, 0.1) is 17.0 Å². The number of hydrogen-bond donors (Lipinski definition) is 1. The van der Waals surface area contributed by atoms with Crippen LogP contribution in [0.15, 0.2) is 36.4 Å². The summed E-state index contributed by atoms with van der Waals surface area (Å²) in [6, 6.07) is 9.74. The minimum atomic E-state index is -3.74. The molecule has 2 aromatic rings.